The van der Waals surface area contributed by atoms with Gasteiger partial charge in [0.15, 0.2) is 5.82 Å². The third-order valence-electron chi connectivity index (χ3n) is 2.49. The normalized spacial score (nSPS) is 10.7. The van der Waals surface area contributed by atoms with Gasteiger partial charge in [0.2, 0.25) is 5.89 Å². The highest BCUT2D eigenvalue weighted by atomic mass is 79.9. The molecule has 0 aliphatic heterocycles. The number of halogens is 1. The molecule has 0 unspecified atom stereocenters. The first-order chi connectivity index (χ1) is 8.47. The third kappa shape index (κ3) is 2.61. The SMILES string of the molecule is Cc1nc(CN(C)C(=O)c2cc(Br)cn2C)no1. The van der Waals surface area contributed by atoms with E-state index in [1.54, 1.807) is 29.5 Å². The molecule has 0 saturated carbocycles. The monoisotopic (exact) mass is 312 g/mol. The molecule has 0 radical (unpaired) electrons. The molecule has 0 spiro atoms. The topological polar surface area (TPSA) is 64.2 Å². The molecule has 6 nitrogen and oxygen atoms in total. The average Bonchev–Trinajstić information content (AvgIpc) is 2.84. The van der Waals surface area contributed by atoms with Gasteiger partial charge >= 0.3 is 0 Å². The van der Waals surface area contributed by atoms with Crippen molar-refractivity contribution in [3.63, 3.8) is 0 Å². The van der Waals surface area contributed by atoms with E-state index in [1.165, 1.54) is 0 Å². The van der Waals surface area contributed by atoms with E-state index in [0.29, 0.717) is 24.0 Å². The Morgan fingerprint density at radius 3 is 2.83 bits per heavy atom. The van der Waals surface area contributed by atoms with Crippen LogP contribution in [0.1, 0.15) is 22.2 Å². The summed E-state index contributed by atoms with van der Waals surface area (Å²) in [6, 6.07) is 1.78. The van der Waals surface area contributed by atoms with Crippen molar-refractivity contribution in [1.82, 2.24) is 19.6 Å². The van der Waals surface area contributed by atoms with Gasteiger partial charge < -0.3 is 14.0 Å². The number of carbonyl (C=O) groups excluding carboxylic acids is 1. The maximum atomic E-state index is 12.2. The van der Waals surface area contributed by atoms with Gasteiger partial charge in [-0.05, 0) is 22.0 Å². The van der Waals surface area contributed by atoms with Gasteiger partial charge in [0.05, 0.1) is 6.54 Å². The molecule has 7 heteroatoms. The molecule has 0 fully saturated rings. The Morgan fingerprint density at radius 2 is 2.33 bits per heavy atom. The van der Waals surface area contributed by atoms with Gasteiger partial charge in [-0.1, -0.05) is 5.16 Å². The third-order valence-corrected chi connectivity index (χ3v) is 2.92. The van der Waals surface area contributed by atoms with Gasteiger partial charge in [-0.25, -0.2) is 0 Å². The highest BCUT2D eigenvalue weighted by molar-refractivity contribution is 9.10. The van der Waals surface area contributed by atoms with Gasteiger partial charge in [0, 0.05) is 31.7 Å². The number of aromatic nitrogens is 3. The molecule has 0 aliphatic carbocycles. The van der Waals surface area contributed by atoms with Crippen molar-refractivity contribution in [2.75, 3.05) is 7.05 Å². The summed E-state index contributed by atoms with van der Waals surface area (Å²) >= 11 is 3.34. The van der Waals surface area contributed by atoms with Crippen LogP contribution < -0.4 is 0 Å². The smallest absolute Gasteiger partial charge is 0.270 e. The fourth-order valence-corrected chi connectivity index (χ4v) is 2.15. The molecule has 2 aromatic rings. The van der Waals surface area contributed by atoms with Crippen molar-refractivity contribution in [1.29, 1.82) is 0 Å². The van der Waals surface area contributed by atoms with Crippen molar-refractivity contribution in [3.8, 4) is 0 Å². The maximum Gasteiger partial charge on any atom is 0.270 e. The summed E-state index contributed by atoms with van der Waals surface area (Å²) in [6.45, 7) is 2.03. The summed E-state index contributed by atoms with van der Waals surface area (Å²) in [6.07, 6.45) is 1.83. The molecule has 2 heterocycles. The predicted octanol–water partition coefficient (Wildman–Crippen LogP) is 1.75. The highest BCUT2D eigenvalue weighted by Crippen LogP contribution is 2.15. The largest absolute Gasteiger partial charge is 0.345 e. The first-order valence-electron chi connectivity index (χ1n) is 5.34. The zero-order chi connectivity index (χ0) is 13.3. The molecule has 0 N–H and O–H groups in total. The molecule has 0 bridgehead atoms. The van der Waals surface area contributed by atoms with Crippen LogP contribution >= 0.6 is 15.9 Å². The van der Waals surface area contributed by atoms with Crippen LogP contribution in [-0.2, 0) is 13.6 Å². The predicted molar refractivity (Wildman–Crippen MR) is 67.9 cm³/mol. The van der Waals surface area contributed by atoms with Gasteiger partial charge in [0.1, 0.15) is 5.69 Å². The van der Waals surface area contributed by atoms with E-state index in [4.69, 9.17) is 4.52 Å². The molecule has 0 aliphatic rings. The first-order valence-corrected chi connectivity index (χ1v) is 6.13. The van der Waals surface area contributed by atoms with Crippen LogP contribution in [0.25, 0.3) is 0 Å². The van der Waals surface area contributed by atoms with Gasteiger partial charge in [-0.2, -0.15) is 4.98 Å². The summed E-state index contributed by atoms with van der Waals surface area (Å²) in [5.41, 5.74) is 0.601. The number of nitrogens with zero attached hydrogens (tertiary/aromatic N) is 4. The second-order valence-corrected chi connectivity index (χ2v) is 4.96. The Labute approximate surface area is 113 Å². The lowest BCUT2D eigenvalue weighted by molar-refractivity contribution is 0.0771. The Kier molecular flexibility index (Phi) is 3.51. The minimum absolute atomic E-state index is 0.0920. The van der Waals surface area contributed by atoms with E-state index >= 15 is 0 Å². The molecule has 0 aromatic carbocycles. The number of hydrogen-bond acceptors (Lipinski definition) is 4. The Balaban J connectivity index is 2.11. The van der Waals surface area contributed by atoms with Crippen molar-refractivity contribution < 1.29 is 9.32 Å². The molecule has 96 valence electrons. The van der Waals surface area contributed by atoms with Crippen LogP contribution in [0.3, 0.4) is 0 Å². The molecule has 2 rings (SSSR count). The second-order valence-electron chi connectivity index (χ2n) is 4.05. The molecule has 0 saturated heterocycles. The zero-order valence-corrected chi connectivity index (χ0v) is 11.9. The Hall–Kier alpha value is -1.63. The molecule has 2 aromatic heterocycles. The van der Waals surface area contributed by atoms with E-state index in [0.717, 1.165) is 4.47 Å². The van der Waals surface area contributed by atoms with E-state index in [-0.39, 0.29) is 5.91 Å². The van der Waals surface area contributed by atoms with Crippen molar-refractivity contribution in [2.24, 2.45) is 7.05 Å². The van der Waals surface area contributed by atoms with Crippen molar-refractivity contribution in [3.05, 3.63) is 34.1 Å². The van der Waals surface area contributed by atoms with E-state index in [2.05, 4.69) is 26.1 Å². The Morgan fingerprint density at radius 1 is 1.61 bits per heavy atom. The average molecular weight is 313 g/mol. The molecular weight excluding hydrogens is 300 g/mol. The van der Waals surface area contributed by atoms with Crippen LogP contribution in [0.5, 0.6) is 0 Å². The van der Waals surface area contributed by atoms with Crippen molar-refractivity contribution in [2.45, 2.75) is 13.5 Å². The Bertz CT molecular complexity index is 575. The van der Waals surface area contributed by atoms with Crippen LogP contribution in [0.15, 0.2) is 21.3 Å². The number of hydrogen-bond donors (Lipinski definition) is 0. The van der Waals surface area contributed by atoms with E-state index in [9.17, 15) is 4.79 Å². The molecule has 18 heavy (non-hydrogen) atoms. The number of amides is 1. The van der Waals surface area contributed by atoms with Crippen LogP contribution in [0.2, 0.25) is 0 Å². The lowest BCUT2D eigenvalue weighted by Crippen LogP contribution is -2.28. The minimum atomic E-state index is -0.0920. The zero-order valence-electron chi connectivity index (χ0n) is 10.3. The second kappa shape index (κ2) is 4.93. The first kappa shape index (κ1) is 12.8. The number of aryl methyl sites for hydroxylation is 2. The molecule has 1 amide bonds. The van der Waals surface area contributed by atoms with Gasteiger partial charge in [-0.15, -0.1) is 0 Å². The van der Waals surface area contributed by atoms with Crippen molar-refractivity contribution >= 4 is 21.8 Å². The maximum absolute atomic E-state index is 12.2. The van der Waals surface area contributed by atoms with E-state index < -0.39 is 0 Å². The fourth-order valence-electron chi connectivity index (χ4n) is 1.62. The quantitative estimate of drug-likeness (QED) is 0.866. The number of rotatable bonds is 3. The van der Waals surface area contributed by atoms with Crippen LogP contribution in [0.4, 0.5) is 0 Å². The van der Waals surface area contributed by atoms with Crippen LogP contribution in [0, 0.1) is 6.92 Å². The van der Waals surface area contributed by atoms with Gasteiger partial charge in [-0.3, -0.25) is 4.79 Å². The lowest BCUT2D eigenvalue weighted by atomic mass is 10.3. The summed E-state index contributed by atoms with van der Waals surface area (Å²) in [4.78, 5) is 17.8. The van der Waals surface area contributed by atoms with Gasteiger partial charge in [0.25, 0.3) is 5.91 Å². The van der Waals surface area contributed by atoms with E-state index in [1.807, 2.05) is 13.2 Å². The number of carbonyl (C=O) groups is 1. The fraction of sp³-hybridized carbons (Fsp3) is 0.364. The minimum Gasteiger partial charge on any atom is -0.345 e. The summed E-state index contributed by atoms with van der Waals surface area (Å²) in [5, 5.41) is 3.76. The molecular formula is C11H13BrN4O2. The summed E-state index contributed by atoms with van der Waals surface area (Å²) < 4.78 is 7.51. The lowest BCUT2D eigenvalue weighted by Gasteiger charge is -2.15. The van der Waals surface area contributed by atoms with Crippen LogP contribution in [-0.4, -0.2) is 32.6 Å². The summed E-state index contributed by atoms with van der Waals surface area (Å²) in [5.74, 6) is 0.898. The standard InChI is InChI=1S/C11H13BrN4O2/c1-7-13-10(14-18-7)6-16(3)11(17)9-4-8(12)5-15(9)2/h4-5H,6H2,1-3H3. The molecule has 0 atom stereocenters. The highest BCUT2D eigenvalue weighted by Gasteiger charge is 2.17. The summed E-state index contributed by atoms with van der Waals surface area (Å²) in [7, 11) is 3.53.